The molecule has 114 valence electrons. The Balaban J connectivity index is 2.39. The summed E-state index contributed by atoms with van der Waals surface area (Å²) in [5.74, 6) is -1.83. The van der Waals surface area contributed by atoms with Gasteiger partial charge in [-0.1, -0.05) is 11.6 Å². The van der Waals surface area contributed by atoms with Crippen LogP contribution in [-0.4, -0.2) is 19.5 Å². The maximum atomic E-state index is 13.0. The lowest BCUT2D eigenvalue weighted by Gasteiger charge is -2.19. The fourth-order valence-electron chi connectivity index (χ4n) is 2.18. The van der Waals surface area contributed by atoms with Gasteiger partial charge in [0.2, 0.25) is 0 Å². The van der Waals surface area contributed by atoms with Gasteiger partial charge in [0, 0.05) is 0 Å². The van der Waals surface area contributed by atoms with Gasteiger partial charge < -0.3 is 5.11 Å². The molecule has 0 aromatic heterocycles. The molecule has 21 heavy (non-hydrogen) atoms. The Morgan fingerprint density at radius 2 is 1.95 bits per heavy atom. The number of allylic oxidation sites excluding steroid dienone is 1. The lowest BCUT2D eigenvalue weighted by atomic mass is 9.99. The number of carboxylic acid groups (broad SMARTS) is 1. The van der Waals surface area contributed by atoms with Gasteiger partial charge in [0.1, 0.15) is 5.82 Å². The first-order valence-corrected chi connectivity index (χ1v) is 8.10. The number of carboxylic acids is 1. The topological polar surface area (TPSA) is 83.5 Å². The summed E-state index contributed by atoms with van der Waals surface area (Å²) >= 11 is 5.77. The minimum atomic E-state index is -4.02. The number of hydrogen-bond donors (Lipinski definition) is 2. The van der Waals surface area contributed by atoms with E-state index in [1.54, 1.807) is 0 Å². The van der Waals surface area contributed by atoms with Crippen molar-refractivity contribution < 1.29 is 22.7 Å². The number of halogens is 2. The normalized spacial score (nSPS) is 15.9. The van der Waals surface area contributed by atoms with Gasteiger partial charge in [0.05, 0.1) is 21.2 Å². The molecule has 2 N–H and O–H groups in total. The molecular weight excluding hydrogens is 321 g/mol. The second kappa shape index (κ2) is 6.03. The maximum Gasteiger partial charge on any atom is 0.332 e. The van der Waals surface area contributed by atoms with Gasteiger partial charge in [-0.2, -0.15) is 0 Å². The van der Waals surface area contributed by atoms with Crippen molar-refractivity contribution in [3.63, 3.8) is 0 Å². The minimum Gasteiger partial charge on any atom is -0.478 e. The van der Waals surface area contributed by atoms with Gasteiger partial charge in [-0.25, -0.2) is 17.6 Å². The quantitative estimate of drug-likeness (QED) is 0.886. The molecule has 0 amide bonds. The Kier molecular flexibility index (Phi) is 4.53. The highest BCUT2D eigenvalue weighted by Crippen LogP contribution is 2.31. The van der Waals surface area contributed by atoms with Gasteiger partial charge in [-0.3, -0.25) is 4.72 Å². The molecule has 0 saturated carbocycles. The first kappa shape index (κ1) is 15.8. The third kappa shape index (κ3) is 3.54. The average molecular weight is 334 g/mol. The third-order valence-electron chi connectivity index (χ3n) is 3.18. The van der Waals surface area contributed by atoms with Crippen LogP contribution in [0.5, 0.6) is 0 Å². The van der Waals surface area contributed by atoms with Crippen LogP contribution in [-0.2, 0) is 14.8 Å². The number of rotatable bonds is 4. The predicted molar refractivity (Wildman–Crippen MR) is 77.1 cm³/mol. The van der Waals surface area contributed by atoms with E-state index < -0.39 is 21.8 Å². The van der Waals surface area contributed by atoms with Gasteiger partial charge >= 0.3 is 5.97 Å². The average Bonchev–Trinajstić information content (AvgIpc) is 2.42. The van der Waals surface area contributed by atoms with Crippen molar-refractivity contribution >= 4 is 33.3 Å². The molecule has 1 aliphatic rings. The molecule has 0 spiro atoms. The fourth-order valence-corrected chi connectivity index (χ4v) is 3.97. The number of aliphatic carboxylic acids is 1. The number of benzene rings is 1. The molecule has 1 aromatic rings. The monoisotopic (exact) mass is 333 g/mol. The number of sulfonamides is 1. The molecule has 0 atom stereocenters. The molecule has 2 rings (SSSR count). The van der Waals surface area contributed by atoms with Crippen LogP contribution in [0.4, 0.5) is 10.1 Å². The van der Waals surface area contributed by atoms with E-state index in [4.69, 9.17) is 16.7 Å². The van der Waals surface area contributed by atoms with Crippen LogP contribution >= 0.6 is 11.6 Å². The van der Waals surface area contributed by atoms with Gasteiger partial charge in [0.25, 0.3) is 10.0 Å². The van der Waals surface area contributed by atoms with Gasteiger partial charge in [-0.15, -0.1) is 0 Å². The van der Waals surface area contributed by atoms with Crippen LogP contribution in [0.25, 0.3) is 0 Å². The first-order chi connectivity index (χ1) is 9.81. The maximum absolute atomic E-state index is 13.0. The zero-order valence-corrected chi connectivity index (χ0v) is 12.5. The van der Waals surface area contributed by atoms with Crippen molar-refractivity contribution in [2.45, 2.75) is 25.7 Å². The fraction of sp³-hybridized carbons (Fsp3) is 0.308. The van der Waals surface area contributed by atoms with E-state index in [9.17, 15) is 17.6 Å². The Bertz CT molecular complexity index is 715. The summed E-state index contributed by atoms with van der Waals surface area (Å²) in [6.45, 7) is 0. The molecule has 8 heteroatoms. The summed E-state index contributed by atoms with van der Waals surface area (Å²) in [6, 6.07) is 3.24. The van der Waals surface area contributed by atoms with Crippen molar-refractivity contribution in [2.24, 2.45) is 0 Å². The largest absolute Gasteiger partial charge is 0.478 e. The molecule has 0 unspecified atom stereocenters. The van der Waals surface area contributed by atoms with Crippen molar-refractivity contribution in [3.05, 3.63) is 39.5 Å². The van der Waals surface area contributed by atoms with Gasteiger partial charge in [-0.05, 0) is 43.9 Å². The Labute approximate surface area is 126 Å². The zero-order valence-electron chi connectivity index (χ0n) is 10.9. The first-order valence-electron chi connectivity index (χ1n) is 6.24. The molecule has 0 radical (unpaired) electrons. The second-order valence-corrected chi connectivity index (χ2v) is 6.75. The lowest BCUT2D eigenvalue weighted by Crippen LogP contribution is -2.21. The summed E-state index contributed by atoms with van der Waals surface area (Å²) in [5, 5.41) is 9.01. The minimum absolute atomic E-state index is 0.0147. The summed E-state index contributed by atoms with van der Waals surface area (Å²) < 4.78 is 39.8. The van der Waals surface area contributed by atoms with Crippen LogP contribution in [0.3, 0.4) is 0 Å². The molecule has 0 saturated heterocycles. The van der Waals surface area contributed by atoms with E-state index in [1.165, 1.54) is 6.07 Å². The van der Waals surface area contributed by atoms with Crippen molar-refractivity contribution in [1.82, 2.24) is 0 Å². The van der Waals surface area contributed by atoms with Crippen LogP contribution in [0.1, 0.15) is 25.7 Å². The summed E-state index contributed by atoms with van der Waals surface area (Å²) in [6.07, 6.45) is 1.61. The third-order valence-corrected chi connectivity index (χ3v) is 5.08. The van der Waals surface area contributed by atoms with Crippen LogP contribution in [0, 0.1) is 5.82 Å². The van der Waals surface area contributed by atoms with E-state index in [-0.39, 0.29) is 34.0 Å². The Morgan fingerprint density at radius 3 is 2.57 bits per heavy atom. The van der Waals surface area contributed by atoms with Gasteiger partial charge in [0.15, 0.2) is 0 Å². The molecule has 0 heterocycles. The summed E-state index contributed by atoms with van der Waals surface area (Å²) in [4.78, 5) is 11.0. The van der Waals surface area contributed by atoms with E-state index in [0.717, 1.165) is 12.1 Å². The molecule has 0 aliphatic heterocycles. The summed E-state index contributed by atoms with van der Waals surface area (Å²) in [7, 11) is -4.02. The molecule has 1 aliphatic carbocycles. The van der Waals surface area contributed by atoms with E-state index >= 15 is 0 Å². The molecule has 0 bridgehead atoms. The SMILES string of the molecule is O=C(O)C1=C(S(=O)(=O)Nc2ccc(F)cc2Cl)CCCC1. The second-order valence-electron chi connectivity index (χ2n) is 4.64. The van der Waals surface area contributed by atoms with Crippen LogP contribution in [0.2, 0.25) is 5.02 Å². The number of hydrogen-bond acceptors (Lipinski definition) is 3. The van der Waals surface area contributed by atoms with Crippen LogP contribution in [0.15, 0.2) is 28.7 Å². The van der Waals surface area contributed by atoms with Crippen LogP contribution < -0.4 is 4.72 Å². The van der Waals surface area contributed by atoms with Crippen molar-refractivity contribution in [3.8, 4) is 0 Å². The van der Waals surface area contributed by atoms with E-state index in [2.05, 4.69) is 4.72 Å². The molecule has 0 fully saturated rings. The Hall–Kier alpha value is -1.60. The van der Waals surface area contributed by atoms with Crippen molar-refractivity contribution in [1.29, 1.82) is 0 Å². The highest BCUT2D eigenvalue weighted by molar-refractivity contribution is 7.96. The van der Waals surface area contributed by atoms with E-state index in [0.29, 0.717) is 12.8 Å². The lowest BCUT2D eigenvalue weighted by molar-refractivity contribution is -0.132. The molecular formula is C13H13ClFNO4S. The summed E-state index contributed by atoms with van der Waals surface area (Å²) in [5.41, 5.74) is -0.0899. The van der Waals surface area contributed by atoms with Crippen molar-refractivity contribution in [2.75, 3.05) is 4.72 Å². The number of anilines is 1. The zero-order chi connectivity index (χ0) is 15.6. The number of nitrogens with one attached hydrogen (secondary N) is 1. The smallest absolute Gasteiger partial charge is 0.332 e. The standard InChI is InChI=1S/C13H13ClFNO4S/c14-10-7-8(15)5-6-11(10)16-21(19,20)12-4-2-1-3-9(12)13(17)18/h5-7,16H,1-4H2,(H,17,18). The molecule has 1 aromatic carbocycles. The molecule has 5 nitrogen and oxygen atoms in total. The number of carbonyl (C=O) groups is 1. The highest BCUT2D eigenvalue weighted by Gasteiger charge is 2.28. The highest BCUT2D eigenvalue weighted by atomic mass is 35.5. The Morgan fingerprint density at radius 1 is 1.29 bits per heavy atom. The predicted octanol–water partition coefficient (Wildman–Crippen LogP) is 3.13. The van der Waals surface area contributed by atoms with E-state index in [1.807, 2.05) is 0 Å².